The van der Waals surface area contributed by atoms with Gasteiger partial charge in [0.2, 0.25) is 0 Å². The molecular formula is C15H9Cl2NO3. The van der Waals surface area contributed by atoms with Crippen LogP contribution in [0.5, 0.6) is 0 Å². The number of carbonyl (C=O) groups is 1. The summed E-state index contributed by atoms with van der Waals surface area (Å²) in [5.74, 6) is -0.366. The number of non-ortho nitro benzene ring substituents is 1. The molecule has 4 nitrogen and oxygen atoms in total. The van der Waals surface area contributed by atoms with E-state index in [-0.39, 0.29) is 17.0 Å². The highest BCUT2D eigenvalue weighted by Crippen LogP contribution is 2.25. The highest BCUT2D eigenvalue weighted by atomic mass is 35.5. The van der Waals surface area contributed by atoms with Crippen molar-refractivity contribution in [1.29, 1.82) is 0 Å². The minimum atomic E-state index is -0.550. The Balaban J connectivity index is 2.27. The zero-order chi connectivity index (χ0) is 15.4. The number of hydrogen-bond donors (Lipinski definition) is 0. The fourth-order valence-corrected chi connectivity index (χ4v) is 2.22. The summed E-state index contributed by atoms with van der Waals surface area (Å²) in [7, 11) is 0. The number of rotatable bonds is 4. The smallest absolute Gasteiger partial charge is 0.270 e. The Morgan fingerprint density at radius 1 is 1.10 bits per heavy atom. The van der Waals surface area contributed by atoms with Gasteiger partial charge in [-0.15, -0.1) is 0 Å². The van der Waals surface area contributed by atoms with Gasteiger partial charge in [-0.05, 0) is 24.3 Å². The molecule has 0 spiro atoms. The van der Waals surface area contributed by atoms with Crippen LogP contribution in [0.15, 0.2) is 48.5 Å². The van der Waals surface area contributed by atoms with Crippen molar-refractivity contribution in [2.45, 2.75) is 0 Å². The Labute approximate surface area is 130 Å². The molecule has 0 aromatic heterocycles. The first-order chi connectivity index (χ1) is 9.99. The molecule has 2 aromatic rings. The Kier molecular flexibility index (Phi) is 4.73. The third-order valence-electron chi connectivity index (χ3n) is 2.74. The number of benzene rings is 2. The van der Waals surface area contributed by atoms with Gasteiger partial charge in [-0.3, -0.25) is 14.9 Å². The second kappa shape index (κ2) is 6.52. The van der Waals surface area contributed by atoms with E-state index in [2.05, 4.69) is 0 Å². The minimum Gasteiger partial charge on any atom is -0.289 e. The number of nitro groups is 1. The van der Waals surface area contributed by atoms with Gasteiger partial charge in [-0.25, -0.2) is 0 Å². The molecule has 0 aliphatic carbocycles. The number of hydrogen-bond acceptors (Lipinski definition) is 3. The lowest BCUT2D eigenvalue weighted by molar-refractivity contribution is -0.384. The molecule has 0 amide bonds. The molecule has 2 aromatic carbocycles. The zero-order valence-corrected chi connectivity index (χ0v) is 12.1. The van der Waals surface area contributed by atoms with Crippen molar-refractivity contribution in [2.24, 2.45) is 0 Å². The molecule has 0 saturated carbocycles. The fraction of sp³-hybridized carbons (Fsp3) is 0. The predicted octanol–water partition coefficient (Wildman–Crippen LogP) is 4.80. The summed E-state index contributed by atoms with van der Waals surface area (Å²) in [6, 6.07) is 10.5. The molecule has 0 fully saturated rings. The van der Waals surface area contributed by atoms with E-state index >= 15 is 0 Å². The molecule has 0 radical (unpaired) electrons. The first kappa shape index (κ1) is 15.2. The molecule has 106 valence electrons. The summed E-state index contributed by atoms with van der Waals surface area (Å²) in [6.07, 6.45) is 2.78. The van der Waals surface area contributed by atoms with Crippen LogP contribution >= 0.6 is 23.2 Å². The summed E-state index contributed by atoms with van der Waals surface area (Å²) in [4.78, 5) is 22.2. The van der Waals surface area contributed by atoms with Gasteiger partial charge in [0.05, 0.1) is 4.92 Å². The van der Waals surface area contributed by atoms with Crippen molar-refractivity contribution in [1.82, 2.24) is 0 Å². The summed E-state index contributed by atoms with van der Waals surface area (Å²) < 4.78 is 0. The summed E-state index contributed by atoms with van der Waals surface area (Å²) in [5, 5.41) is 11.5. The maximum atomic E-state index is 12.0. The molecule has 2 rings (SSSR count). The van der Waals surface area contributed by atoms with Gasteiger partial charge in [0.1, 0.15) is 0 Å². The van der Waals surface area contributed by atoms with Crippen LogP contribution in [-0.2, 0) is 0 Å². The van der Waals surface area contributed by atoms with Crippen LogP contribution < -0.4 is 0 Å². The largest absolute Gasteiger partial charge is 0.289 e. The van der Waals surface area contributed by atoms with Crippen molar-refractivity contribution in [3.63, 3.8) is 0 Å². The van der Waals surface area contributed by atoms with Crippen molar-refractivity contribution in [3.8, 4) is 0 Å². The molecule has 0 unspecified atom stereocenters. The Morgan fingerprint density at radius 2 is 1.71 bits per heavy atom. The van der Waals surface area contributed by atoms with E-state index in [1.807, 2.05) is 0 Å². The maximum Gasteiger partial charge on any atom is 0.270 e. The molecule has 6 heteroatoms. The summed E-state index contributed by atoms with van der Waals surface area (Å²) in [6.45, 7) is 0. The van der Waals surface area contributed by atoms with Crippen molar-refractivity contribution < 1.29 is 9.72 Å². The monoisotopic (exact) mass is 321 g/mol. The second-order valence-electron chi connectivity index (χ2n) is 4.14. The molecule has 0 N–H and O–H groups in total. The summed E-state index contributed by atoms with van der Waals surface area (Å²) in [5.41, 5.74) is 0.619. The third-order valence-corrected chi connectivity index (χ3v) is 3.40. The number of ketones is 1. The van der Waals surface area contributed by atoms with E-state index in [9.17, 15) is 14.9 Å². The van der Waals surface area contributed by atoms with E-state index in [0.717, 1.165) is 0 Å². The van der Waals surface area contributed by atoms with Crippen LogP contribution in [0.2, 0.25) is 10.0 Å². The van der Waals surface area contributed by atoms with E-state index in [0.29, 0.717) is 15.6 Å². The van der Waals surface area contributed by atoms with Gasteiger partial charge in [-0.2, -0.15) is 0 Å². The normalized spacial score (nSPS) is 10.8. The standard InChI is InChI=1S/C15H9Cl2NO3/c16-13-5-2-6-14(17)12(13)7-8-15(19)10-3-1-4-11(9-10)18(20)21/h1-9H. The van der Waals surface area contributed by atoms with Gasteiger partial charge in [0.25, 0.3) is 5.69 Å². The van der Waals surface area contributed by atoms with E-state index < -0.39 is 4.92 Å². The predicted molar refractivity (Wildman–Crippen MR) is 82.9 cm³/mol. The van der Waals surface area contributed by atoms with Crippen LogP contribution in [-0.4, -0.2) is 10.7 Å². The van der Waals surface area contributed by atoms with Crippen molar-refractivity contribution >= 4 is 40.7 Å². The third kappa shape index (κ3) is 3.68. The van der Waals surface area contributed by atoms with Crippen LogP contribution in [0, 0.1) is 10.1 Å². The van der Waals surface area contributed by atoms with Crippen molar-refractivity contribution in [3.05, 3.63) is 79.8 Å². The lowest BCUT2D eigenvalue weighted by atomic mass is 10.1. The Bertz CT molecular complexity index is 721. The van der Waals surface area contributed by atoms with Gasteiger partial charge in [-0.1, -0.05) is 41.4 Å². The minimum absolute atomic E-state index is 0.134. The average molecular weight is 322 g/mol. The lowest BCUT2D eigenvalue weighted by Gasteiger charge is -2.01. The molecule has 0 aliphatic heterocycles. The first-order valence-corrected chi connectivity index (χ1v) is 6.65. The van der Waals surface area contributed by atoms with E-state index in [1.54, 1.807) is 18.2 Å². The SMILES string of the molecule is O=C(C=Cc1c(Cl)cccc1Cl)c1cccc([N+](=O)[O-])c1. The summed E-state index contributed by atoms with van der Waals surface area (Å²) >= 11 is 12.0. The lowest BCUT2D eigenvalue weighted by Crippen LogP contribution is -1.96. The van der Waals surface area contributed by atoms with Crippen LogP contribution in [0.3, 0.4) is 0 Å². The van der Waals surface area contributed by atoms with Crippen molar-refractivity contribution in [2.75, 3.05) is 0 Å². The average Bonchev–Trinajstić information content (AvgIpc) is 2.46. The van der Waals surface area contributed by atoms with Crippen LogP contribution in [0.25, 0.3) is 6.08 Å². The Morgan fingerprint density at radius 3 is 2.33 bits per heavy atom. The Hall–Kier alpha value is -2.17. The fourth-order valence-electron chi connectivity index (χ4n) is 1.70. The van der Waals surface area contributed by atoms with E-state index in [1.165, 1.54) is 36.4 Å². The van der Waals surface area contributed by atoms with Gasteiger partial charge >= 0.3 is 0 Å². The molecule has 21 heavy (non-hydrogen) atoms. The van der Waals surface area contributed by atoms with Gasteiger partial charge < -0.3 is 0 Å². The molecule has 0 atom stereocenters. The first-order valence-electron chi connectivity index (χ1n) is 5.90. The molecule has 0 aliphatic rings. The van der Waals surface area contributed by atoms with Gasteiger partial charge in [0.15, 0.2) is 5.78 Å². The highest BCUT2D eigenvalue weighted by molar-refractivity contribution is 6.37. The quantitative estimate of drug-likeness (QED) is 0.352. The zero-order valence-electron chi connectivity index (χ0n) is 10.6. The number of allylic oxidation sites excluding steroid dienone is 1. The molecular weight excluding hydrogens is 313 g/mol. The number of halogens is 2. The molecule has 0 bridgehead atoms. The van der Waals surface area contributed by atoms with Crippen LogP contribution in [0.4, 0.5) is 5.69 Å². The molecule has 0 heterocycles. The van der Waals surface area contributed by atoms with Crippen LogP contribution in [0.1, 0.15) is 15.9 Å². The van der Waals surface area contributed by atoms with E-state index in [4.69, 9.17) is 23.2 Å². The second-order valence-corrected chi connectivity index (χ2v) is 4.95. The number of nitro benzene ring substituents is 1. The number of nitrogens with zero attached hydrogens (tertiary/aromatic N) is 1. The number of carbonyl (C=O) groups excluding carboxylic acids is 1. The topological polar surface area (TPSA) is 60.2 Å². The maximum absolute atomic E-state index is 12.0. The van der Waals surface area contributed by atoms with Gasteiger partial charge in [0, 0.05) is 33.3 Å². The molecule has 0 saturated heterocycles. The highest BCUT2D eigenvalue weighted by Gasteiger charge is 2.10.